The summed E-state index contributed by atoms with van der Waals surface area (Å²) in [6.45, 7) is 2.55. The standard InChI is InChI=1S/C24H24ClN3O3S/c1-15-8-9-16(14-17(15)25)19-10-11-20(31-19)23-22(18-6-3-4-12-26-18)27-24(32)28(23)13-5-7-21(29)30-2/h3-4,6,8-12,14,22-23H,5,7,13H2,1-2H3,(H,27,32)/t22-,23-/m1/s1. The fourth-order valence-electron chi connectivity index (χ4n) is 3.86. The molecule has 0 aliphatic carbocycles. The molecule has 8 heteroatoms. The fraction of sp³-hybridized carbons (Fsp3) is 0.292. The molecule has 1 N–H and O–H groups in total. The number of nitrogens with zero attached hydrogens (tertiary/aromatic N) is 2. The van der Waals surface area contributed by atoms with Crippen LogP contribution < -0.4 is 5.32 Å². The van der Waals surface area contributed by atoms with Gasteiger partial charge in [0.1, 0.15) is 17.6 Å². The fourth-order valence-corrected chi connectivity index (χ4v) is 4.38. The third-order valence-corrected chi connectivity index (χ3v) is 6.34. The van der Waals surface area contributed by atoms with Crippen molar-refractivity contribution >= 4 is 34.9 Å². The highest BCUT2D eigenvalue weighted by molar-refractivity contribution is 7.80. The number of hydrogen-bond donors (Lipinski definition) is 1. The molecule has 0 bridgehead atoms. The van der Waals surface area contributed by atoms with Gasteiger partial charge in [-0.05, 0) is 61.5 Å². The van der Waals surface area contributed by atoms with E-state index in [4.69, 9.17) is 33.0 Å². The number of nitrogens with one attached hydrogen (secondary N) is 1. The molecular weight excluding hydrogens is 446 g/mol. The van der Waals surface area contributed by atoms with Gasteiger partial charge in [0.25, 0.3) is 0 Å². The first-order chi connectivity index (χ1) is 15.5. The van der Waals surface area contributed by atoms with Gasteiger partial charge in [-0.2, -0.15) is 0 Å². The molecule has 0 amide bonds. The van der Waals surface area contributed by atoms with Gasteiger partial charge in [0, 0.05) is 29.7 Å². The highest BCUT2D eigenvalue weighted by Crippen LogP contribution is 2.40. The van der Waals surface area contributed by atoms with Crippen LogP contribution in [0.3, 0.4) is 0 Å². The Labute approximate surface area is 197 Å². The summed E-state index contributed by atoms with van der Waals surface area (Å²) in [6, 6.07) is 15.2. The highest BCUT2D eigenvalue weighted by Gasteiger charge is 2.41. The Balaban J connectivity index is 1.65. The molecule has 0 spiro atoms. The van der Waals surface area contributed by atoms with Crippen LogP contribution in [-0.2, 0) is 9.53 Å². The Morgan fingerprint density at radius 2 is 2.12 bits per heavy atom. The van der Waals surface area contributed by atoms with Crippen molar-refractivity contribution in [3.8, 4) is 11.3 Å². The quantitative estimate of drug-likeness (QED) is 0.375. The number of furan rings is 1. The Bertz CT molecular complexity index is 1120. The summed E-state index contributed by atoms with van der Waals surface area (Å²) in [7, 11) is 1.39. The predicted octanol–water partition coefficient (Wildman–Crippen LogP) is 5.23. The predicted molar refractivity (Wildman–Crippen MR) is 127 cm³/mol. The van der Waals surface area contributed by atoms with Crippen LogP contribution in [0, 0.1) is 6.92 Å². The van der Waals surface area contributed by atoms with Crippen molar-refractivity contribution in [3.05, 3.63) is 76.8 Å². The molecule has 32 heavy (non-hydrogen) atoms. The van der Waals surface area contributed by atoms with Crippen molar-refractivity contribution < 1.29 is 13.9 Å². The van der Waals surface area contributed by atoms with Crippen molar-refractivity contribution in [3.63, 3.8) is 0 Å². The molecule has 2 atom stereocenters. The Morgan fingerprint density at radius 3 is 2.84 bits per heavy atom. The molecule has 3 heterocycles. The summed E-state index contributed by atoms with van der Waals surface area (Å²) >= 11 is 12.0. The number of ether oxygens (including phenoxy) is 1. The normalized spacial score (nSPS) is 18.0. The average Bonchev–Trinajstić information content (AvgIpc) is 3.41. The van der Waals surface area contributed by atoms with E-state index in [0.29, 0.717) is 29.5 Å². The molecule has 0 radical (unpaired) electrons. The first-order valence-electron chi connectivity index (χ1n) is 10.4. The summed E-state index contributed by atoms with van der Waals surface area (Å²) in [5.41, 5.74) is 2.79. The summed E-state index contributed by atoms with van der Waals surface area (Å²) in [4.78, 5) is 18.2. The topological polar surface area (TPSA) is 67.6 Å². The molecule has 3 aromatic rings. The van der Waals surface area contributed by atoms with E-state index < -0.39 is 0 Å². The van der Waals surface area contributed by atoms with Crippen molar-refractivity contribution in [2.75, 3.05) is 13.7 Å². The van der Waals surface area contributed by atoms with Gasteiger partial charge in [-0.1, -0.05) is 29.8 Å². The number of carbonyl (C=O) groups excluding carboxylic acids is 1. The lowest BCUT2D eigenvalue weighted by molar-refractivity contribution is -0.140. The first kappa shape index (κ1) is 22.3. The molecule has 166 valence electrons. The number of pyridine rings is 1. The molecule has 1 aliphatic heterocycles. The number of rotatable bonds is 7. The second kappa shape index (κ2) is 9.71. The van der Waals surface area contributed by atoms with Crippen LogP contribution in [-0.4, -0.2) is 34.6 Å². The summed E-state index contributed by atoms with van der Waals surface area (Å²) in [6.07, 6.45) is 2.70. The van der Waals surface area contributed by atoms with Crippen molar-refractivity contribution in [1.82, 2.24) is 15.2 Å². The number of halogens is 1. The molecule has 1 fully saturated rings. The van der Waals surface area contributed by atoms with Gasteiger partial charge >= 0.3 is 5.97 Å². The smallest absolute Gasteiger partial charge is 0.305 e. The van der Waals surface area contributed by atoms with Crippen LogP contribution in [0.4, 0.5) is 0 Å². The van der Waals surface area contributed by atoms with Crippen LogP contribution >= 0.6 is 23.8 Å². The Morgan fingerprint density at radius 1 is 1.28 bits per heavy atom. The number of thiocarbonyl (C=S) groups is 1. The molecule has 1 saturated heterocycles. The number of aromatic nitrogens is 1. The average molecular weight is 470 g/mol. The van der Waals surface area contributed by atoms with Gasteiger partial charge in [-0.25, -0.2) is 0 Å². The molecule has 6 nitrogen and oxygen atoms in total. The van der Waals surface area contributed by atoms with Gasteiger partial charge in [0.2, 0.25) is 0 Å². The van der Waals surface area contributed by atoms with Gasteiger partial charge in [0.05, 0.1) is 18.8 Å². The lowest BCUT2D eigenvalue weighted by Crippen LogP contribution is -2.30. The number of esters is 1. The number of carbonyl (C=O) groups is 1. The molecule has 0 saturated carbocycles. The SMILES string of the molecule is COC(=O)CCCN1C(=S)N[C@H](c2ccccn2)[C@H]1c1ccc(-c2ccc(C)c(Cl)c2)o1. The van der Waals surface area contributed by atoms with Gasteiger partial charge in [0.15, 0.2) is 5.11 Å². The maximum atomic E-state index is 11.6. The minimum Gasteiger partial charge on any atom is -0.469 e. The van der Waals surface area contributed by atoms with Gasteiger partial charge in [-0.3, -0.25) is 9.78 Å². The minimum absolute atomic E-state index is 0.178. The second-order valence-corrected chi connectivity index (χ2v) is 8.46. The molecule has 2 aromatic heterocycles. The van der Waals surface area contributed by atoms with E-state index in [1.807, 2.05) is 55.5 Å². The zero-order valence-corrected chi connectivity index (χ0v) is 19.4. The van der Waals surface area contributed by atoms with E-state index in [1.165, 1.54) is 7.11 Å². The van der Waals surface area contributed by atoms with Crippen LogP contribution in [0.15, 0.2) is 59.1 Å². The summed E-state index contributed by atoms with van der Waals surface area (Å²) in [5.74, 6) is 1.25. The monoisotopic (exact) mass is 469 g/mol. The second-order valence-electron chi connectivity index (χ2n) is 7.67. The van der Waals surface area contributed by atoms with Crippen LogP contribution in [0.2, 0.25) is 5.02 Å². The van der Waals surface area contributed by atoms with E-state index in [1.54, 1.807) is 6.20 Å². The van der Waals surface area contributed by atoms with Gasteiger partial charge in [-0.15, -0.1) is 0 Å². The lowest BCUT2D eigenvalue weighted by Gasteiger charge is -2.25. The van der Waals surface area contributed by atoms with Gasteiger partial charge < -0.3 is 19.4 Å². The first-order valence-corrected chi connectivity index (χ1v) is 11.2. The maximum Gasteiger partial charge on any atom is 0.305 e. The number of hydrogen-bond acceptors (Lipinski definition) is 5. The molecule has 0 unspecified atom stereocenters. The largest absolute Gasteiger partial charge is 0.469 e. The molecule has 1 aromatic carbocycles. The Hall–Kier alpha value is -2.90. The zero-order chi connectivity index (χ0) is 22.7. The third-order valence-electron chi connectivity index (χ3n) is 5.58. The summed E-state index contributed by atoms with van der Waals surface area (Å²) < 4.78 is 11.1. The van der Waals surface area contributed by atoms with Crippen molar-refractivity contribution in [2.45, 2.75) is 31.8 Å². The molecular formula is C24H24ClN3O3S. The van der Waals surface area contributed by atoms with Crippen LogP contribution in [0.1, 0.15) is 41.9 Å². The van der Waals surface area contributed by atoms with Crippen molar-refractivity contribution in [1.29, 1.82) is 0 Å². The maximum absolute atomic E-state index is 11.6. The number of benzene rings is 1. The number of methoxy groups -OCH3 is 1. The molecule has 1 aliphatic rings. The zero-order valence-electron chi connectivity index (χ0n) is 17.9. The van der Waals surface area contributed by atoms with E-state index in [9.17, 15) is 4.79 Å². The number of aryl methyl sites for hydroxylation is 1. The summed E-state index contributed by atoms with van der Waals surface area (Å²) in [5, 5.41) is 4.68. The third kappa shape index (κ3) is 4.64. The molecule has 4 rings (SSSR count). The van der Waals surface area contributed by atoms with E-state index in [2.05, 4.69) is 15.2 Å². The van der Waals surface area contributed by atoms with Crippen LogP contribution in [0.5, 0.6) is 0 Å². The highest BCUT2D eigenvalue weighted by atomic mass is 35.5. The van der Waals surface area contributed by atoms with Crippen molar-refractivity contribution in [2.24, 2.45) is 0 Å². The Kier molecular flexibility index (Phi) is 6.77. The van der Waals surface area contributed by atoms with E-state index in [0.717, 1.165) is 28.3 Å². The lowest BCUT2D eigenvalue weighted by atomic mass is 10.0. The minimum atomic E-state index is -0.238. The van der Waals surface area contributed by atoms with Crippen LogP contribution in [0.25, 0.3) is 11.3 Å². The van der Waals surface area contributed by atoms with E-state index >= 15 is 0 Å². The van der Waals surface area contributed by atoms with E-state index in [-0.39, 0.29) is 18.1 Å².